The molecule has 3 rings (SSSR count). The van der Waals surface area contributed by atoms with Gasteiger partial charge in [0.2, 0.25) is 0 Å². The summed E-state index contributed by atoms with van der Waals surface area (Å²) >= 11 is 7.68. The second kappa shape index (κ2) is 8.93. The Balaban J connectivity index is 2.08. The first kappa shape index (κ1) is 21.9. The summed E-state index contributed by atoms with van der Waals surface area (Å²) < 4.78 is 11.2. The summed E-state index contributed by atoms with van der Waals surface area (Å²) in [5, 5.41) is 12.1. The van der Waals surface area contributed by atoms with Crippen LogP contribution in [0.4, 0.5) is 5.69 Å². The van der Waals surface area contributed by atoms with Gasteiger partial charge >= 0.3 is 5.97 Å². The predicted octanol–water partition coefficient (Wildman–Crippen LogP) is 5.05. The van der Waals surface area contributed by atoms with Crippen LogP contribution in [0.5, 0.6) is 0 Å². The molecule has 0 saturated carbocycles. The maximum atomic E-state index is 12.7. The number of benzene rings is 1. The molecule has 1 aliphatic heterocycles. The fraction of sp³-hybridized carbons (Fsp3) is 0.300. The van der Waals surface area contributed by atoms with Crippen molar-refractivity contribution in [3.8, 4) is 11.3 Å². The Bertz CT molecular complexity index is 1060. The van der Waals surface area contributed by atoms with Gasteiger partial charge in [0.1, 0.15) is 17.6 Å². The van der Waals surface area contributed by atoms with Crippen molar-refractivity contribution in [3.05, 3.63) is 62.5 Å². The molecule has 158 valence electrons. The summed E-state index contributed by atoms with van der Waals surface area (Å²) in [6, 6.07) is 6.77. The number of carbonyl (C=O) groups excluding carboxylic acids is 1. The van der Waals surface area contributed by atoms with E-state index in [4.69, 9.17) is 20.8 Å². The van der Waals surface area contributed by atoms with Gasteiger partial charge in [0.25, 0.3) is 5.69 Å². The lowest BCUT2D eigenvalue weighted by Gasteiger charge is -2.30. The minimum absolute atomic E-state index is 0.0997. The molecule has 0 unspecified atom stereocenters. The highest BCUT2D eigenvalue weighted by Gasteiger charge is 2.34. The van der Waals surface area contributed by atoms with E-state index in [9.17, 15) is 14.9 Å². The smallest absolute Gasteiger partial charge is 0.338 e. The normalized spacial score (nSPS) is 16.5. The highest BCUT2D eigenvalue weighted by atomic mass is 35.5. The van der Waals surface area contributed by atoms with Crippen LogP contribution in [0, 0.1) is 10.1 Å². The molecule has 1 aromatic carbocycles. The number of nitro groups is 1. The van der Waals surface area contributed by atoms with Crippen LogP contribution in [0.2, 0.25) is 5.02 Å². The molecular formula is C20H20ClN3O5S. The van der Waals surface area contributed by atoms with Crippen LogP contribution in [0.3, 0.4) is 0 Å². The van der Waals surface area contributed by atoms with E-state index in [0.29, 0.717) is 33.4 Å². The molecule has 8 nitrogen and oxygen atoms in total. The zero-order valence-electron chi connectivity index (χ0n) is 16.8. The van der Waals surface area contributed by atoms with E-state index < -0.39 is 16.9 Å². The second-order valence-corrected chi connectivity index (χ2v) is 7.60. The molecule has 0 saturated heterocycles. The van der Waals surface area contributed by atoms with Crippen LogP contribution in [0.15, 0.2) is 51.0 Å². The van der Waals surface area contributed by atoms with Crippen molar-refractivity contribution in [2.24, 2.45) is 4.99 Å². The molecule has 1 atom stereocenters. The lowest BCUT2D eigenvalue weighted by Crippen LogP contribution is -2.32. The Kier molecular flexibility index (Phi) is 6.52. The first-order valence-electron chi connectivity index (χ1n) is 9.05. The lowest BCUT2D eigenvalue weighted by molar-refractivity contribution is -0.384. The van der Waals surface area contributed by atoms with E-state index >= 15 is 0 Å². The number of thioether (sulfide) groups is 1. The third-order valence-electron chi connectivity index (χ3n) is 4.69. The Morgan fingerprint density at radius 2 is 2.13 bits per heavy atom. The number of nitro benzene ring substituents is 1. The first-order chi connectivity index (χ1) is 14.3. The zero-order valence-corrected chi connectivity index (χ0v) is 18.4. The third-order valence-corrected chi connectivity index (χ3v) is 5.77. The molecule has 0 bridgehead atoms. The Morgan fingerprint density at radius 3 is 2.77 bits per heavy atom. The summed E-state index contributed by atoms with van der Waals surface area (Å²) in [6.45, 7) is 3.80. The molecule has 1 aromatic heterocycles. The monoisotopic (exact) mass is 449 g/mol. The fourth-order valence-corrected chi connectivity index (χ4v) is 3.94. The van der Waals surface area contributed by atoms with E-state index in [1.54, 1.807) is 19.1 Å². The van der Waals surface area contributed by atoms with Crippen molar-refractivity contribution in [1.82, 2.24) is 4.90 Å². The number of hydrogen-bond donors (Lipinski definition) is 0. The van der Waals surface area contributed by atoms with Crippen molar-refractivity contribution in [2.45, 2.75) is 19.9 Å². The summed E-state index contributed by atoms with van der Waals surface area (Å²) in [7, 11) is 1.83. The molecule has 2 aromatic rings. The first-order valence-corrected chi connectivity index (χ1v) is 10.7. The highest BCUT2D eigenvalue weighted by molar-refractivity contribution is 8.13. The Labute approximate surface area is 182 Å². The molecule has 0 fully saturated rings. The van der Waals surface area contributed by atoms with Gasteiger partial charge in [-0.3, -0.25) is 10.1 Å². The van der Waals surface area contributed by atoms with Gasteiger partial charge in [0.15, 0.2) is 5.17 Å². The SMILES string of the molecule is CCOC(=O)C1=C(C)N(C)C(SC)=N[C@H]1c1ccc(-c2cc([N+](=O)[O-])ccc2Cl)o1. The number of allylic oxidation sites excluding steroid dienone is 1. The Hall–Kier alpha value is -2.78. The van der Waals surface area contributed by atoms with Crippen LogP contribution in [-0.4, -0.2) is 40.9 Å². The molecule has 0 spiro atoms. The topological polar surface area (TPSA) is 98.2 Å². The van der Waals surface area contributed by atoms with Crippen molar-refractivity contribution in [2.75, 3.05) is 19.9 Å². The number of furan rings is 1. The van der Waals surface area contributed by atoms with Gasteiger partial charge in [-0.15, -0.1) is 0 Å². The third kappa shape index (κ3) is 4.08. The summed E-state index contributed by atoms with van der Waals surface area (Å²) in [4.78, 5) is 29.8. The highest BCUT2D eigenvalue weighted by Crippen LogP contribution is 2.39. The number of nitrogens with zero attached hydrogens (tertiary/aromatic N) is 3. The Morgan fingerprint density at radius 1 is 1.40 bits per heavy atom. The van der Waals surface area contributed by atoms with E-state index in [1.807, 2.05) is 25.1 Å². The van der Waals surface area contributed by atoms with Gasteiger partial charge in [0, 0.05) is 30.4 Å². The minimum Gasteiger partial charge on any atom is -0.463 e. The molecule has 1 aliphatic rings. The average Bonchev–Trinajstić information content (AvgIpc) is 3.19. The number of amidine groups is 1. The number of aliphatic imine (C=N–C) groups is 1. The van der Waals surface area contributed by atoms with Crippen molar-refractivity contribution in [1.29, 1.82) is 0 Å². The lowest BCUT2D eigenvalue weighted by atomic mass is 10.0. The van der Waals surface area contributed by atoms with Gasteiger partial charge < -0.3 is 14.1 Å². The van der Waals surface area contributed by atoms with Gasteiger partial charge in [-0.25, -0.2) is 9.79 Å². The maximum absolute atomic E-state index is 12.7. The number of carbonyl (C=O) groups is 1. The van der Waals surface area contributed by atoms with E-state index in [1.165, 1.54) is 30.0 Å². The van der Waals surface area contributed by atoms with Crippen LogP contribution in [0.1, 0.15) is 25.6 Å². The number of ether oxygens (including phenoxy) is 1. The van der Waals surface area contributed by atoms with Crippen molar-refractivity contribution in [3.63, 3.8) is 0 Å². The van der Waals surface area contributed by atoms with Crippen LogP contribution in [-0.2, 0) is 9.53 Å². The van der Waals surface area contributed by atoms with E-state index in [2.05, 4.69) is 4.99 Å². The van der Waals surface area contributed by atoms with Gasteiger partial charge in [-0.1, -0.05) is 23.4 Å². The zero-order chi connectivity index (χ0) is 22.0. The number of hydrogen-bond acceptors (Lipinski definition) is 8. The van der Waals surface area contributed by atoms with Crippen molar-refractivity contribution >= 4 is 40.2 Å². The van der Waals surface area contributed by atoms with E-state index in [0.717, 1.165) is 5.17 Å². The molecule has 0 N–H and O–H groups in total. The maximum Gasteiger partial charge on any atom is 0.338 e. The van der Waals surface area contributed by atoms with Gasteiger partial charge in [-0.05, 0) is 38.3 Å². The summed E-state index contributed by atoms with van der Waals surface area (Å²) in [6.07, 6.45) is 1.89. The molecule has 2 heterocycles. The fourth-order valence-electron chi connectivity index (χ4n) is 3.11. The minimum atomic E-state index is -0.700. The quantitative estimate of drug-likeness (QED) is 0.357. The largest absolute Gasteiger partial charge is 0.463 e. The van der Waals surface area contributed by atoms with Gasteiger partial charge in [0.05, 0.1) is 22.1 Å². The molecule has 30 heavy (non-hydrogen) atoms. The van der Waals surface area contributed by atoms with Crippen molar-refractivity contribution < 1.29 is 18.9 Å². The standard InChI is InChI=1S/C20H20ClN3O5S/c1-5-28-19(25)17-11(2)23(3)20(30-4)22-18(17)16-9-8-15(29-16)13-10-12(24(26)27)6-7-14(13)21/h6-10,18H,5H2,1-4H3/t18-/m0/s1. The predicted molar refractivity (Wildman–Crippen MR) is 117 cm³/mol. The molecule has 0 aliphatic carbocycles. The van der Waals surface area contributed by atoms with Crippen LogP contribution in [0.25, 0.3) is 11.3 Å². The van der Waals surface area contributed by atoms with E-state index in [-0.39, 0.29) is 12.3 Å². The average molecular weight is 450 g/mol. The molecule has 0 radical (unpaired) electrons. The van der Waals surface area contributed by atoms with Crippen LogP contribution < -0.4 is 0 Å². The summed E-state index contributed by atoms with van der Waals surface area (Å²) in [5.41, 5.74) is 1.38. The number of esters is 1. The molecule has 10 heteroatoms. The number of rotatable bonds is 5. The summed E-state index contributed by atoms with van der Waals surface area (Å²) in [5.74, 6) is 0.288. The van der Waals surface area contributed by atoms with Gasteiger partial charge in [-0.2, -0.15) is 0 Å². The molecule has 0 amide bonds. The number of non-ortho nitro benzene ring substituents is 1. The van der Waals surface area contributed by atoms with Crippen LogP contribution >= 0.6 is 23.4 Å². The second-order valence-electron chi connectivity index (χ2n) is 6.42. The molecular weight excluding hydrogens is 430 g/mol. The number of halogens is 1.